The van der Waals surface area contributed by atoms with E-state index in [1.54, 1.807) is 12.5 Å². The van der Waals surface area contributed by atoms with Crippen molar-refractivity contribution >= 4 is 21.6 Å². The molecule has 17 heavy (non-hydrogen) atoms. The van der Waals surface area contributed by atoms with Crippen LogP contribution in [-0.2, 0) is 13.2 Å². The summed E-state index contributed by atoms with van der Waals surface area (Å²) >= 11 is 3.44. The Bertz CT molecular complexity index is 482. The fourth-order valence-corrected chi connectivity index (χ4v) is 2.12. The van der Waals surface area contributed by atoms with E-state index >= 15 is 0 Å². The molecule has 0 amide bonds. The fourth-order valence-electron chi connectivity index (χ4n) is 1.77. The van der Waals surface area contributed by atoms with Crippen LogP contribution >= 0.6 is 15.9 Å². The molecule has 0 radical (unpaired) electrons. The van der Waals surface area contributed by atoms with Gasteiger partial charge in [-0.25, -0.2) is 0 Å². The molecule has 1 aromatic heterocycles. The molecule has 1 heterocycles. The van der Waals surface area contributed by atoms with E-state index in [0.717, 1.165) is 27.8 Å². The summed E-state index contributed by atoms with van der Waals surface area (Å²) in [4.78, 5) is 2.08. The maximum atomic E-state index is 9.32. The number of benzene rings is 1. The molecule has 0 bridgehead atoms. The molecule has 2 aromatic rings. The van der Waals surface area contributed by atoms with Crippen LogP contribution in [0.5, 0.6) is 0 Å². The highest BCUT2D eigenvalue weighted by Gasteiger charge is 2.08. The SMILES string of the molecule is CN(Cc1ccoc1)c1cc(Br)ccc1CO. The third-order valence-electron chi connectivity index (χ3n) is 2.63. The van der Waals surface area contributed by atoms with Gasteiger partial charge in [0.15, 0.2) is 0 Å². The van der Waals surface area contributed by atoms with Gasteiger partial charge in [-0.05, 0) is 18.2 Å². The van der Waals surface area contributed by atoms with Crippen LogP contribution in [0, 0.1) is 0 Å². The summed E-state index contributed by atoms with van der Waals surface area (Å²) in [5.41, 5.74) is 3.04. The van der Waals surface area contributed by atoms with Crippen LogP contribution in [0.2, 0.25) is 0 Å². The molecule has 1 aromatic carbocycles. The van der Waals surface area contributed by atoms with E-state index < -0.39 is 0 Å². The zero-order chi connectivity index (χ0) is 12.3. The fraction of sp³-hybridized carbons (Fsp3) is 0.231. The zero-order valence-electron chi connectivity index (χ0n) is 9.56. The molecule has 1 N–H and O–H groups in total. The van der Waals surface area contributed by atoms with Crippen molar-refractivity contribution in [3.63, 3.8) is 0 Å². The van der Waals surface area contributed by atoms with Gasteiger partial charge in [0.1, 0.15) is 0 Å². The van der Waals surface area contributed by atoms with E-state index in [0.29, 0.717) is 0 Å². The van der Waals surface area contributed by atoms with E-state index in [9.17, 15) is 5.11 Å². The molecule has 0 saturated carbocycles. The maximum absolute atomic E-state index is 9.32. The molecule has 0 spiro atoms. The topological polar surface area (TPSA) is 36.6 Å². The van der Waals surface area contributed by atoms with Gasteiger partial charge in [-0.15, -0.1) is 0 Å². The third kappa shape index (κ3) is 2.90. The lowest BCUT2D eigenvalue weighted by molar-refractivity contribution is 0.282. The van der Waals surface area contributed by atoms with Gasteiger partial charge >= 0.3 is 0 Å². The quantitative estimate of drug-likeness (QED) is 0.941. The van der Waals surface area contributed by atoms with Crippen LogP contribution < -0.4 is 4.90 Å². The molecular weight excluding hydrogens is 282 g/mol. The number of aliphatic hydroxyl groups excluding tert-OH is 1. The van der Waals surface area contributed by atoms with Gasteiger partial charge < -0.3 is 14.4 Å². The summed E-state index contributed by atoms with van der Waals surface area (Å²) in [6.07, 6.45) is 3.39. The predicted octanol–water partition coefficient (Wildman–Crippen LogP) is 3.17. The second-order valence-electron chi connectivity index (χ2n) is 3.92. The van der Waals surface area contributed by atoms with Crippen molar-refractivity contribution in [1.29, 1.82) is 0 Å². The molecule has 0 aliphatic heterocycles. The second kappa shape index (κ2) is 5.38. The Balaban J connectivity index is 2.23. The molecule has 0 unspecified atom stereocenters. The minimum absolute atomic E-state index is 0.0400. The Hall–Kier alpha value is -1.26. The second-order valence-corrected chi connectivity index (χ2v) is 4.83. The standard InChI is InChI=1S/C13H14BrNO2/c1-15(7-10-4-5-17-9-10)13-6-12(14)3-2-11(13)8-16/h2-6,9,16H,7-8H2,1H3. The van der Waals surface area contributed by atoms with Crippen LogP contribution in [0.1, 0.15) is 11.1 Å². The molecule has 4 heteroatoms. The van der Waals surface area contributed by atoms with Crippen LogP contribution in [0.3, 0.4) is 0 Å². The summed E-state index contributed by atoms with van der Waals surface area (Å²) < 4.78 is 6.05. The normalized spacial score (nSPS) is 10.5. The van der Waals surface area contributed by atoms with Gasteiger partial charge in [-0.2, -0.15) is 0 Å². The van der Waals surface area contributed by atoms with E-state index in [4.69, 9.17) is 4.42 Å². The predicted molar refractivity (Wildman–Crippen MR) is 70.9 cm³/mol. The van der Waals surface area contributed by atoms with Gasteiger partial charge in [0.05, 0.1) is 19.1 Å². The van der Waals surface area contributed by atoms with Gasteiger partial charge in [-0.1, -0.05) is 22.0 Å². The highest BCUT2D eigenvalue weighted by Crippen LogP contribution is 2.25. The van der Waals surface area contributed by atoms with E-state index in [-0.39, 0.29) is 6.61 Å². The van der Waals surface area contributed by atoms with Crippen LogP contribution in [-0.4, -0.2) is 12.2 Å². The molecule has 0 saturated heterocycles. The number of rotatable bonds is 4. The number of hydrogen-bond donors (Lipinski definition) is 1. The summed E-state index contributed by atoms with van der Waals surface area (Å²) in [6, 6.07) is 7.80. The van der Waals surface area contributed by atoms with Crippen molar-refractivity contribution in [3.8, 4) is 0 Å². The van der Waals surface area contributed by atoms with Crippen molar-refractivity contribution < 1.29 is 9.52 Å². The van der Waals surface area contributed by atoms with E-state index in [1.165, 1.54) is 0 Å². The summed E-state index contributed by atoms with van der Waals surface area (Å²) in [5.74, 6) is 0. The lowest BCUT2D eigenvalue weighted by atomic mass is 10.1. The van der Waals surface area contributed by atoms with E-state index in [2.05, 4.69) is 20.8 Å². The average Bonchev–Trinajstić information content (AvgIpc) is 2.81. The van der Waals surface area contributed by atoms with E-state index in [1.807, 2.05) is 31.3 Å². The molecule has 0 fully saturated rings. The molecule has 0 atom stereocenters. The molecule has 2 rings (SSSR count). The largest absolute Gasteiger partial charge is 0.472 e. The minimum Gasteiger partial charge on any atom is -0.472 e. The van der Waals surface area contributed by atoms with Crippen LogP contribution in [0.4, 0.5) is 5.69 Å². The first-order valence-electron chi connectivity index (χ1n) is 5.32. The lowest BCUT2D eigenvalue weighted by Crippen LogP contribution is -2.17. The summed E-state index contributed by atoms with van der Waals surface area (Å²) in [6.45, 7) is 0.790. The summed E-state index contributed by atoms with van der Waals surface area (Å²) in [5, 5.41) is 9.32. The van der Waals surface area contributed by atoms with Gasteiger partial charge in [0.25, 0.3) is 0 Å². The Morgan fingerprint density at radius 2 is 2.18 bits per heavy atom. The van der Waals surface area contributed by atoms with Crippen LogP contribution in [0.15, 0.2) is 45.7 Å². The highest BCUT2D eigenvalue weighted by atomic mass is 79.9. The number of anilines is 1. The van der Waals surface area contributed by atoms with Gasteiger partial charge in [0.2, 0.25) is 0 Å². The molecule has 90 valence electrons. The smallest absolute Gasteiger partial charge is 0.0952 e. The lowest BCUT2D eigenvalue weighted by Gasteiger charge is -2.21. The minimum atomic E-state index is 0.0400. The number of hydrogen-bond acceptors (Lipinski definition) is 3. The first-order valence-corrected chi connectivity index (χ1v) is 6.11. The number of nitrogens with zero attached hydrogens (tertiary/aromatic N) is 1. The number of halogens is 1. The molecule has 0 aliphatic carbocycles. The molecule has 0 aliphatic rings. The zero-order valence-corrected chi connectivity index (χ0v) is 11.1. The number of aliphatic hydroxyl groups is 1. The van der Waals surface area contributed by atoms with Crippen molar-refractivity contribution in [2.24, 2.45) is 0 Å². The highest BCUT2D eigenvalue weighted by molar-refractivity contribution is 9.10. The van der Waals surface area contributed by atoms with Gasteiger partial charge in [-0.3, -0.25) is 0 Å². The Morgan fingerprint density at radius 3 is 2.82 bits per heavy atom. The van der Waals surface area contributed by atoms with Crippen molar-refractivity contribution in [2.45, 2.75) is 13.2 Å². The third-order valence-corrected chi connectivity index (χ3v) is 3.12. The average molecular weight is 296 g/mol. The first kappa shape index (κ1) is 12.2. The van der Waals surface area contributed by atoms with Crippen LogP contribution in [0.25, 0.3) is 0 Å². The van der Waals surface area contributed by atoms with Gasteiger partial charge in [0, 0.05) is 34.9 Å². The Kier molecular flexibility index (Phi) is 3.86. The number of furan rings is 1. The summed E-state index contributed by atoms with van der Waals surface area (Å²) in [7, 11) is 1.99. The van der Waals surface area contributed by atoms with Crippen molar-refractivity contribution in [2.75, 3.05) is 11.9 Å². The van der Waals surface area contributed by atoms with Crippen molar-refractivity contribution in [1.82, 2.24) is 0 Å². The Morgan fingerprint density at radius 1 is 1.35 bits per heavy atom. The monoisotopic (exact) mass is 295 g/mol. The Labute approximate surface area is 109 Å². The molecule has 3 nitrogen and oxygen atoms in total. The maximum Gasteiger partial charge on any atom is 0.0952 e. The molecular formula is C13H14BrNO2. The van der Waals surface area contributed by atoms with Crippen molar-refractivity contribution in [3.05, 3.63) is 52.4 Å². The first-order chi connectivity index (χ1) is 8.20.